The molecule has 0 aliphatic carbocycles. The van der Waals surface area contributed by atoms with Gasteiger partial charge in [-0.25, -0.2) is 5.43 Å². The molecule has 0 unspecified atom stereocenters. The van der Waals surface area contributed by atoms with Crippen LogP contribution < -0.4 is 10.2 Å². The predicted molar refractivity (Wildman–Crippen MR) is 121 cm³/mol. The van der Waals surface area contributed by atoms with Gasteiger partial charge in [-0.1, -0.05) is 57.9 Å². The van der Waals surface area contributed by atoms with Gasteiger partial charge in [-0.3, -0.25) is 4.79 Å². The van der Waals surface area contributed by atoms with Crippen LogP contribution in [0.1, 0.15) is 21.7 Å². The summed E-state index contributed by atoms with van der Waals surface area (Å²) in [5, 5.41) is 5.59. The number of halogens is 2. The molecule has 3 aromatic carbocycles. The van der Waals surface area contributed by atoms with E-state index in [2.05, 4.69) is 26.5 Å². The Balaban J connectivity index is 1.45. The maximum atomic E-state index is 12.3. The van der Waals surface area contributed by atoms with E-state index in [1.165, 1.54) is 6.21 Å². The molecule has 1 heterocycles. The Labute approximate surface area is 186 Å². The first-order valence-electron chi connectivity index (χ1n) is 9.07. The minimum atomic E-state index is -0.430. The summed E-state index contributed by atoms with van der Waals surface area (Å²) in [6.45, 7) is 0.380. The Kier molecular flexibility index (Phi) is 6.16. The van der Waals surface area contributed by atoms with Crippen LogP contribution in [-0.2, 0) is 6.61 Å². The molecule has 0 radical (unpaired) electrons. The molecule has 150 valence electrons. The fraction of sp³-hybridized carbons (Fsp3) is 0.0435. The number of para-hydroxylation sites is 1. The number of carbonyl (C=O) groups excluding carboxylic acids is 1. The molecule has 7 heteroatoms. The molecule has 4 rings (SSSR count). The average molecular weight is 484 g/mol. The lowest BCUT2D eigenvalue weighted by molar-refractivity contribution is 0.0929. The lowest BCUT2D eigenvalue weighted by atomic mass is 10.2. The number of hydrogen-bond acceptors (Lipinski definition) is 4. The summed E-state index contributed by atoms with van der Waals surface area (Å²) in [7, 11) is 0. The summed E-state index contributed by atoms with van der Waals surface area (Å²) in [4.78, 5) is 12.3. The van der Waals surface area contributed by atoms with Gasteiger partial charge in [0, 0.05) is 20.4 Å². The van der Waals surface area contributed by atoms with E-state index in [0.29, 0.717) is 28.5 Å². The van der Waals surface area contributed by atoms with Crippen LogP contribution in [0.4, 0.5) is 0 Å². The van der Waals surface area contributed by atoms with Crippen molar-refractivity contribution in [1.82, 2.24) is 5.43 Å². The van der Waals surface area contributed by atoms with Crippen molar-refractivity contribution in [3.63, 3.8) is 0 Å². The maximum Gasteiger partial charge on any atom is 0.307 e. The number of furan rings is 1. The second kappa shape index (κ2) is 9.15. The molecule has 0 aliphatic rings. The third kappa shape index (κ3) is 4.90. The van der Waals surface area contributed by atoms with Crippen LogP contribution in [0, 0.1) is 0 Å². The van der Waals surface area contributed by atoms with Gasteiger partial charge in [0.1, 0.15) is 17.9 Å². The topological polar surface area (TPSA) is 63.8 Å². The van der Waals surface area contributed by atoms with Gasteiger partial charge in [-0.15, -0.1) is 0 Å². The van der Waals surface area contributed by atoms with Gasteiger partial charge in [-0.05, 0) is 48.0 Å². The maximum absolute atomic E-state index is 12.3. The van der Waals surface area contributed by atoms with Gasteiger partial charge in [-0.2, -0.15) is 5.10 Å². The standard InChI is InChI=1S/C23H16BrClN2O3/c24-18-7-10-20(29-14-15-5-8-19(25)9-6-15)17(11-18)13-26-27-23(28)22-12-16-3-1-2-4-21(16)30-22/h1-13H,14H2,(H,27,28)/b26-13+. The van der Waals surface area contributed by atoms with Crippen molar-refractivity contribution >= 4 is 50.6 Å². The lowest BCUT2D eigenvalue weighted by Crippen LogP contribution is -2.16. The van der Waals surface area contributed by atoms with Gasteiger partial charge in [0.2, 0.25) is 0 Å². The van der Waals surface area contributed by atoms with Gasteiger partial charge >= 0.3 is 5.91 Å². The van der Waals surface area contributed by atoms with Crippen LogP contribution >= 0.6 is 27.5 Å². The SMILES string of the molecule is O=C(N/N=C/c1cc(Br)ccc1OCc1ccc(Cl)cc1)c1cc2ccccc2o1. The zero-order valence-electron chi connectivity index (χ0n) is 15.6. The van der Waals surface area contributed by atoms with Crippen molar-refractivity contribution in [2.75, 3.05) is 0 Å². The van der Waals surface area contributed by atoms with Crippen molar-refractivity contribution in [3.05, 3.63) is 99.2 Å². The van der Waals surface area contributed by atoms with Crippen LogP contribution in [-0.4, -0.2) is 12.1 Å². The molecular formula is C23H16BrClN2O3. The summed E-state index contributed by atoms with van der Waals surface area (Å²) >= 11 is 9.36. The molecular weight excluding hydrogens is 468 g/mol. The summed E-state index contributed by atoms with van der Waals surface area (Å²) in [5.74, 6) is 0.401. The third-order valence-electron chi connectivity index (χ3n) is 4.30. The molecule has 0 saturated heterocycles. The number of amides is 1. The number of benzene rings is 3. The first-order chi connectivity index (χ1) is 14.6. The first kappa shape index (κ1) is 20.2. The molecule has 0 atom stereocenters. The van der Waals surface area contributed by atoms with Gasteiger partial charge < -0.3 is 9.15 Å². The van der Waals surface area contributed by atoms with E-state index in [4.69, 9.17) is 20.8 Å². The summed E-state index contributed by atoms with van der Waals surface area (Å²) in [6.07, 6.45) is 1.53. The van der Waals surface area contributed by atoms with Crippen molar-refractivity contribution in [2.24, 2.45) is 5.10 Å². The molecule has 4 aromatic rings. The number of nitrogens with one attached hydrogen (secondary N) is 1. The number of hydrazone groups is 1. The Morgan fingerprint density at radius 1 is 1.10 bits per heavy atom. The van der Waals surface area contributed by atoms with Crippen LogP contribution in [0.15, 0.2) is 86.8 Å². The number of hydrogen-bond donors (Lipinski definition) is 1. The van der Waals surface area contributed by atoms with E-state index in [1.54, 1.807) is 12.1 Å². The Morgan fingerprint density at radius 2 is 1.90 bits per heavy atom. The molecule has 0 fully saturated rings. The Morgan fingerprint density at radius 3 is 2.70 bits per heavy atom. The third-order valence-corrected chi connectivity index (χ3v) is 5.04. The summed E-state index contributed by atoms with van der Waals surface area (Å²) in [6, 6.07) is 22.1. The van der Waals surface area contributed by atoms with Gasteiger partial charge in [0.25, 0.3) is 0 Å². The number of rotatable bonds is 6. The molecule has 0 spiro atoms. The molecule has 1 aromatic heterocycles. The molecule has 30 heavy (non-hydrogen) atoms. The smallest absolute Gasteiger partial charge is 0.307 e. The molecule has 0 saturated carbocycles. The van der Waals surface area contributed by atoms with Crippen LogP contribution in [0.5, 0.6) is 5.75 Å². The molecule has 5 nitrogen and oxygen atoms in total. The van der Waals surface area contributed by atoms with E-state index >= 15 is 0 Å². The highest BCUT2D eigenvalue weighted by Gasteiger charge is 2.11. The highest BCUT2D eigenvalue weighted by molar-refractivity contribution is 9.10. The largest absolute Gasteiger partial charge is 0.488 e. The van der Waals surface area contributed by atoms with Crippen molar-refractivity contribution in [1.29, 1.82) is 0 Å². The van der Waals surface area contributed by atoms with Crippen molar-refractivity contribution < 1.29 is 13.9 Å². The summed E-state index contributed by atoms with van der Waals surface area (Å²) < 4.78 is 12.3. The monoisotopic (exact) mass is 482 g/mol. The number of nitrogens with zero attached hydrogens (tertiary/aromatic N) is 1. The number of ether oxygens (including phenoxy) is 1. The van der Waals surface area contributed by atoms with E-state index in [9.17, 15) is 4.79 Å². The van der Waals surface area contributed by atoms with Crippen LogP contribution in [0.3, 0.4) is 0 Å². The highest BCUT2D eigenvalue weighted by atomic mass is 79.9. The molecule has 1 amide bonds. The number of fused-ring (bicyclic) bond motifs is 1. The van der Waals surface area contributed by atoms with E-state index in [0.717, 1.165) is 15.4 Å². The normalized spacial score (nSPS) is 11.1. The van der Waals surface area contributed by atoms with Crippen LogP contribution in [0.2, 0.25) is 5.02 Å². The quantitative estimate of drug-likeness (QED) is 0.263. The molecule has 1 N–H and O–H groups in total. The lowest BCUT2D eigenvalue weighted by Gasteiger charge is -2.10. The fourth-order valence-corrected chi connectivity index (χ4v) is 3.31. The summed E-state index contributed by atoms with van der Waals surface area (Å²) in [5.41, 5.74) is 4.84. The molecule has 0 aliphatic heterocycles. The zero-order chi connectivity index (χ0) is 20.9. The highest BCUT2D eigenvalue weighted by Crippen LogP contribution is 2.23. The second-order valence-electron chi connectivity index (χ2n) is 6.44. The first-order valence-corrected chi connectivity index (χ1v) is 10.2. The predicted octanol–water partition coefficient (Wildman–Crippen LogP) is 6.19. The van der Waals surface area contributed by atoms with Crippen molar-refractivity contribution in [2.45, 2.75) is 6.61 Å². The van der Waals surface area contributed by atoms with Crippen LogP contribution in [0.25, 0.3) is 11.0 Å². The van der Waals surface area contributed by atoms with Gasteiger partial charge in [0.15, 0.2) is 5.76 Å². The van der Waals surface area contributed by atoms with E-state index < -0.39 is 5.91 Å². The number of carbonyl (C=O) groups is 1. The second-order valence-corrected chi connectivity index (χ2v) is 7.80. The van der Waals surface area contributed by atoms with Crippen molar-refractivity contribution in [3.8, 4) is 5.75 Å². The Bertz CT molecular complexity index is 1190. The van der Waals surface area contributed by atoms with Gasteiger partial charge in [0.05, 0.1) is 6.21 Å². The molecule has 0 bridgehead atoms. The van der Waals surface area contributed by atoms with E-state index in [1.807, 2.05) is 60.7 Å². The minimum Gasteiger partial charge on any atom is -0.488 e. The van der Waals surface area contributed by atoms with E-state index in [-0.39, 0.29) is 5.76 Å². The fourth-order valence-electron chi connectivity index (χ4n) is 2.80. The Hall–Kier alpha value is -3.09. The minimum absolute atomic E-state index is 0.196. The average Bonchev–Trinajstić information content (AvgIpc) is 3.19. The zero-order valence-corrected chi connectivity index (χ0v) is 18.0.